The number of hydrogen-bond acceptors (Lipinski definition) is 2. The van der Waals surface area contributed by atoms with Gasteiger partial charge in [0.05, 0.1) is 0 Å². The van der Waals surface area contributed by atoms with Crippen LogP contribution in [-0.2, 0) is 0 Å². The van der Waals surface area contributed by atoms with E-state index in [1.807, 2.05) is 0 Å². The third-order valence-electron chi connectivity index (χ3n) is 3.57. The van der Waals surface area contributed by atoms with E-state index in [4.69, 9.17) is 0 Å². The molecule has 2 nitrogen and oxygen atoms in total. The molecule has 1 heterocycles. The molecule has 0 spiro atoms. The van der Waals surface area contributed by atoms with E-state index in [9.17, 15) is 0 Å². The molecule has 2 atom stereocenters. The van der Waals surface area contributed by atoms with Crippen molar-refractivity contribution in [1.82, 2.24) is 10.2 Å². The van der Waals surface area contributed by atoms with Crippen LogP contribution in [0.25, 0.3) is 0 Å². The number of hydrogen-bond donors (Lipinski definition) is 1. The molecule has 2 heteroatoms. The summed E-state index contributed by atoms with van der Waals surface area (Å²) in [6, 6.07) is 1.42. The Balaban J connectivity index is 2.49. The van der Waals surface area contributed by atoms with Gasteiger partial charge in [0.1, 0.15) is 0 Å². The quantitative estimate of drug-likeness (QED) is 0.716. The highest BCUT2D eigenvalue weighted by Crippen LogP contribution is 2.16. The molecule has 1 rings (SSSR count). The SMILES string of the molecule is C/C=C/CN1CC(CC(C)C)NCC1CCC. The van der Waals surface area contributed by atoms with E-state index in [1.54, 1.807) is 0 Å². The molecule has 0 bridgehead atoms. The van der Waals surface area contributed by atoms with E-state index in [1.165, 1.54) is 32.4 Å². The Labute approximate surface area is 107 Å². The molecule has 1 fully saturated rings. The number of nitrogens with zero attached hydrogens (tertiary/aromatic N) is 1. The van der Waals surface area contributed by atoms with Gasteiger partial charge in [0.2, 0.25) is 0 Å². The van der Waals surface area contributed by atoms with Gasteiger partial charge in [0, 0.05) is 31.7 Å². The third-order valence-corrected chi connectivity index (χ3v) is 3.57. The van der Waals surface area contributed by atoms with E-state index in [-0.39, 0.29) is 0 Å². The van der Waals surface area contributed by atoms with Crippen molar-refractivity contribution in [3.05, 3.63) is 12.2 Å². The highest BCUT2D eigenvalue weighted by Gasteiger charge is 2.26. The Kier molecular flexibility index (Phi) is 6.83. The molecule has 0 radical (unpaired) electrons. The van der Waals surface area contributed by atoms with Crippen molar-refractivity contribution >= 4 is 0 Å². The van der Waals surface area contributed by atoms with Crippen LogP contribution in [-0.4, -0.2) is 36.6 Å². The van der Waals surface area contributed by atoms with E-state index in [0.717, 1.165) is 18.5 Å². The standard InChI is InChI=1S/C15H30N2/c1-5-7-9-17-12-14(10-13(3)4)16-11-15(17)8-6-2/h5,7,13-16H,6,8-12H2,1-4H3/b7-5+. The zero-order valence-corrected chi connectivity index (χ0v) is 12.1. The molecular weight excluding hydrogens is 208 g/mol. The van der Waals surface area contributed by atoms with Crippen LogP contribution in [0, 0.1) is 5.92 Å². The fourth-order valence-corrected chi connectivity index (χ4v) is 2.74. The summed E-state index contributed by atoms with van der Waals surface area (Å²) in [5, 5.41) is 3.73. The average Bonchev–Trinajstić information content (AvgIpc) is 2.28. The van der Waals surface area contributed by atoms with Gasteiger partial charge in [0.15, 0.2) is 0 Å². The van der Waals surface area contributed by atoms with Crippen LogP contribution in [0.3, 0.4) is 0 Å². The minimum atomic E-state index is 0.688. The second-order valence-corrected chi connectivity index (χ2v) is 5.70. The van der Waals surface area contributed by atoms with Crippen molar-refractivity contribution in [2.45, 2.75) is 59.0 Å². The Hall–Kier alpha value is -0.340. The summed E-state index contributed by atoms with van der Waals surface area (Å²) in [7, 11) is 0. The van der Waals surface area contributed by atoms with E-state index >= 15 is 0 Å². The summed E-state index contributed by atoms with van der Waals surface area (Å²) in [4.78, 5) is 2.66. The first-order chi connectivity index (χ1) is 8.17. The molecule has 1 N–H and O–H groups in total. The first-order valence-corrected chi connectivity index (χ1v) is 7.25. The third kappa shape index (κ3) is 5.22. The fourth-order valence-electron chi connectivity index (χ4n) is 2.74. The van der Waals surface area contributed by atoms with Crippen LogP contribution < -0.4 is 5.32 Å². The van der Waals surface area contributed by atoms with Crippen molar-refractivity contribution in [2.75, 3.05) is 19.6 Å². The second-order valence-electron chi connectivity index (χ2n) is 5.70. The topological polar surface area (TPSA) is 15.3 Å². The maximum atomic E-state index is 3.73. The van der Waals surface area contributed by atoms with Crippen molar-refractivity contribution < 1.29 is 0 Å². The summed E-state index contributed by atoms with van der Waals surface area (Å²) in [5.41, 5.74) is 0. The smallest absolute Gasteiger partial charge is 0.0224 e. The van der Waals surface area contributed by atoms with Gasteiger partial charge >= 0.3 is 0 Å². The van der Waals surface area contributed by atoms with Crippen molar-refractivity contribution in [3.8, 4) is 0 Å². The molecule has 0 aromatic rings. The minimum absolute atomic E-state index is 0.688. The van der Waals surface area contributed by atoms with Gasteiger partial charge in [-0.2, -0.15) is 0 Å². The van der Waals surface area contributed by atoms with E-state index in [2.05, 4.69) is 50.1 Å². The lowest BCUT2D eigenvalue weighted by Crippen LogP contribution is -2.56. The van der Waals surface area contributed by atoms with Crippen LogP contribution in [0.2, 0.25) is 0 Å². The molecule has 0 aromatic carbocycles. The summed E-state index contributed by atoms with van der Waals surface area (Å²) in [6.45, 7) is 12.5. The maximum Gasteiger partial charge on any atom is 0.0224 e. The monoisotopic (exact) mass is 238 g/mol. The molecule has 0 aromatic heterocycles. The maximum absolute atomic E-state index is 3.73. The van der Waals surface area contributed by atoms with Gasteiger partial charge in [0.25, 0.3) is 0 Å². The fraction of sp³-hybridized carbons (Fsp3) is 0.867. The summed E-state index contributed by atoms with van der Waals surface area (Å²) >= 11 is 0. The zero-order valence-electron chi connectivity index (χ0n) is 12.1. The lowest BCUT2D eigenvalue weighted by Gasteiger charge is -2.40. The molecule has 1 aliphatic heterocycles. The number of rotatable bonds is 6. The van der Waals surface area contributed by atoms with Gasteiger partial charge in [-0.15, -0.1) is 0 Å². The molecule has 17 heavy (non-hydrogen) atoms. The summed E-state index contributed by atoms with van der Waals surface area (Å²) in [6.07, 6.45) is 8.36. The lowest BCUT2D eigenvalue weighted by atomic mass is 9.98. The summed E-state index contributed by atoms with van der Waals surface area (Å²) in [5.74, 6) is 0.791. The molecule has 0 amide bonds. The Morgan fingerprint density at radius 2 is 2.18 bits per heavy atom. The van der Waals surface area contributed by atoms with E-state index < -0.39 is 0 Å². The normalized spacial score (nSPS) is 27.1. The van der Waals surface area contributed by atoms with Crippen LogP contribution in [0.1, 0.15) is 47.0 Å². The van der Waals surface area contributed by atoms with Gasteiger partial charge in [-0.05, 0) is 25.7 Å². The largest absolute Gasteiger partial charge is 0.311 e. The van der Waals surface area contributed by atoms with Crippen molar-refractivity contribution in [3.63, 3.8) is 0 Å². The lowest BCUT2D eigenvalue weighted by molar-refractivity contribution is 0.128. The number of piperazine rings is 1. The van der Waals surface area contributed by atoms with Gasteiger partial charge < -0.3 is 5.32 Å². The average molecular weight is 238 g/mol. The zero-order chi connectivity index (χ0) is 12.7. The number of allylic oxidation sites excluding steroid dienone is 1. The highest BCUT2D eigenvalue weighted by atomic mass is 15.2. The molecule has 100 valence electrons. The molecule has 2 unspecified atom stereocenters. The molecule has 1 saturated heterocycles. The highest BCUT2D eigenvalue weighted by molar-refractivity contribution is 4.91. The van der Waals surface area contributed by atoms with E-state index in [0.29, 0.717) is 6.04 Å². The van der Waals surface area contributed by atoms with Gasteiger partial charge in [-0.3, -0.25) is 4.90 Å². The van der Waals surface area contributed by atoms with Crippen LogP contribution >= 0.6 is 0 Å². The van der Waals surface area contributed by atoms with Crippen molar-refractivity contribution in [2.24, 2.45) is 5.92 Å². The predicted molar refractivity (Wildman–Crippen MR) is 76.3 cm³/mol. The molecule has 1 aliphatic rings. The van der Waals surface area contributed by atoms with Gasteiger partial charge in [-0.25, -0.2) is 0 Å². The van der Waals surface area contributed by atoms with Crippen LogP contribution in [0.5, 0.6) is 0 Å². The van der Waals surface area contributed by atoms with Crippen molar-refractivity contribution in [1.29, 1.82) is 0 Å². The second kappa shape index (κ2) is 7.88. The van der Waals surface area contributed by atoms with Crippen LogP contribution in [0.15, 0.2) is 12.2 Å². The molecule has 0 aliphatic carbocycles. The first-order valence-electron chi connectivity index (χ1n) is 7.25. The Morgan fingerprint density at radius 3 is 2.76 bits per heavy atom. The minimum Gasteiger partial charge on any atom is -0.311 e. The molecular formula is C15H30N2. The van der Waals surface area contributed by atoms with Gasteiger partial charge in [-0.1, -0.05) is 39.3 Å². The Bertz CT molecular complexity index is 223. The van der Waals surface area contributed by atoms with Crippen LogP contribution in [0.4, 0.5) is 0 Å². The number of nitrogens with one attached hydrogen (secondary N) is 1. The summed E-state index contributed by atoms with van der Waals surface area (Å²) < 4.78 is 0. The first kappa shape index (κ1) is 14.7. The Morgan fingerprint density at radius 1 is 1.41 bits per heavy atom. The molecule has 0 saturated carbocycles. The predicted octanol–water partition coefficient (Wildman–Crippen LogP) is 3.05.